The molecular formula is C18H24ClN5OS. The molecule has 0 bridgehead atoms. The van der Waals surface area contributed by atoms with Gasteiger partial charge in [0.05, 0.1) is 5.25 Å². The largest absolute Gasteiger partial charge is 0.342 e. The summed E-state index contributed by atoms with van der Waals surface area (Å²) in [7, 11) is 1.90. The lowest BCUT2D eigenvalue weighted by Crippen LogP contribution is -2.42. The first kappa shape index (κ1) is 19.0. The van der Waals surface area contributed by atoms with Crippen molar-refractivity contribution < 1.29 is 4.79 Å². The second-order valence-corrected chi connectivity index (χ2v) is 8.43. The van der Waals surface area contributed by atoms with Gasteiger partial charge in [-0.3, -0.25) is 4.79 Å². The number of amides is 1. The number of nitrogens with zero attached hydrogens (tertiary/aromatic N) is 4. The molecule has 1 saturated carbocycles. The Morgan fingerprint density at radius 3 is 2.58 bits per heavy atom. The van der Waals surface area contributed by atoms with Gasteiger partial charge in [0.25, 0.3) is 0 Å². The van der Waals surface area contributed by atoms with Crippen molar-refractivity contribution in [3.63, 3.8) is 0 Å². The highest BCUT2D eigenvalue weighted by molar-refractivity contribution is 8.00. The van der Waals surface area contributed by atoms with E-state index < -0.39 is 0 Å². The Bertz CT molecular complexity index is 757. The topological polar surface area (TPSA) is 77.0 Å². The van der Waals surface area contributed by atoms with E-state index >= 15 is 0 Å². The number of nitrogens with two attached hydrogens (primary N) is 1. The molecular weight excluding hydrogens is 370 g/mol. The van der Waals surface area contributed by atoms with Gasteiger partial charge in [-0.1, -0.05) is 42.6 Å². The van der Waals surface area contributed by atoms with E-state index in [1.165, 1.54) is 35.7 Å². The van der Waals surface area contributed by atoms with Crippen LogP contribution in [0.25, 0.3) is 11.4 Å². The summed E-state index contributed by atoms with van der Waals surface area (Å²) < 4.78 is 1.43. The lowest BCUT2D eigenvalue weighted by Gasteiger charge is -2.32. The normalized spacial score (nSPS) is 16.4. The summed E-state index contributed by atoms with van der Waals surface area (Å²) in [5.74, 6) is 6.81. The predicted octanol–water partition coefficient (Wildman–Crippen LogP) is 3.58. The van der Waals surface area contributed by atoms with Gasteiger partial charge in [0, 0.05) is 23.7 Å². The van der Waals surface area contributed by atoms with Crippen molar-refractivity contribution in [2.45, 2.75) is 55.5 Å². The Labute approximate surface area is 163 Å². The Balaban J connectivity index is 1.68. The van der Waals surface area contributed by atoms with Crippen molar-refractivity contribution in [3.05, 3.63) is 29.3 Å². The minimum Gasteiger partial charge on any atom is -0.342 e. The third-order valence-electron chi connectivity index (χ3n) is 4.87. The number of thioether (sulfide) groups is 1. The molecule has 1 aromatic carbocycles. The molecule has 3 rings (SSSR count). The zero-order valence-corrected chi connectivity index (χ0v) is 16.6. The molecule has 6 nitrogen and oxygen atoms in total. The van der Waals surface area contributed by atoms with Crippen LogP contribution >= 0.6 is 23.4 Å². The van der Waals surface area contributed by atoms with Gasteiger partial charge in [0.15, 0.2) is 5.82 Å². The first-order valence-corrected chi connectivity index (χ1v) is 10.1. The maximum atomic E-state index is 12.8. The molecule has 0 aliphatic heterocycles. The number of carbonyl (C=O) groups excluding carboxylic acids is 1. The summed E-state index contributed by atoms with van der Waals surface area (Å²) >= 11 is 7.26. The van der Waals surface area contributed by atoms with Gasteiger partial charge in [-0.15, -0.1) is 10.2 Å². The summed E-state index contributed by atoms with van der Waals surface area (Å²) in [6, 6.07) is 7.60. The second-order valence-electron chi connectivity index (χ2n) is 6.68. The van der Waals surface area contributed by atoms with E-state index in [2.05, 4.69) is 10.2 Å². The molecule has 1 heterocycles. The summed E-state index contributed by atoms with van der Waals surface area (Å²) in [5.41, 5.74) is 0.828. The molecule has 1 aliphatic carbocycles. The smallest absolute Gasteiger partial charge is 0.235 e. The van der Waals surface area contributed by atoms with E-state index in [1.807, 2.05) is 31.0 Å². The van der Waals surface area contributed by atoms with Crippen molar-refractivity contribution in [2.75, 3.05) is 12.9 Å². The van der Waals surface area contributed by atoms with Crippen LogP contribution in [0.4, 0.5) is 0 Å². The van der Waals surface area contributed by atoms with Crippen LogP contribution in [0.2, 0.25) is 5.02 Å². The average Bonchev–Trinajstić information content (AvgIpc) is 3.02. The molecule has 1 aliphatic rings. The molecule has 0 spiro atoms. The van der Waals surface area contributed by atoms with Crippen molar-refractivity contribution in [2.24, 2.45) is 0 Å². The van der Waals surface area contributed by atoms with Crippen molar-refractivity contribution in [3.8, 4) is 11.4 Å². The number of rotatable bonds is 5. The zero-order valence-electron chi connectivity index (χ0n) is 15.1. The van der Waals surface area contributed by atoms with E-state index in [0.29, 0.717) is 22.0 Å². The molecule has 26 heavy (non-hydrogen) atoms. The molecule has 0 radical (unpaired) electrons. The number of hydrogen-bond acceptors (Lipinski definition) is 5. The molecule has 0 saturated heterocycles. The van der Waals surface area contributed by atoms with Crippen molar-refractivity contribution in [1.82, 2.24) is 19.8 Å². The third kappa shape index (κ3) is 4.15. The Morgan fingerprint density at radius 2 is 1.92 bits per heavy atom. The van der Waals surface area contributed by atoms with Gasteiger partial charge in [0.1, 0.15) is 0 Å². The van der Waals surface area contributed by atoms with E-state index in [4.69, 9.17) is 17.4 Å². The SMILES string of the molecule is C[C@H](Sc1nnc(-c2ccc(Cl)cc2)n1N)C(=O)N(C)C1CCCCC1. The molecule has 2 aromatic rings. The molecule has 1 fully saturated rings. The first-order valence-electron chi connectivity index (χ1n) is 8.87. The standard InChI is InChI=1S/C18H24ClN5OS/c1-12(17(25)23(2)15-6-4-3-5-7-15)26-18-22-21-16(24(18)20)13-8-10-14(19)11-9-13/h8-12,15H,3-7,20H2,1-2H3/t12-/m0/s1. The highest BCUT2D eigenvalue weighted by Crippen LogP contribution is 2.28. The summed E-state index contributed by atoms with van der Waals surface area (Å²) in [6.45, 7) is 1.89. The molecule has 1 aromatic heterocycles. The molecule has 1 amide bonds. The van der Waals surface area contributed by atoms with E-state index in [0.717, 1.165) is 18.4 Å². The number of carbonyl (C=O) groups is 1. The van der Waals surface area contributed by atoms with Crippen LogP contribution in [0, 0.1) is 0 Å². The monoisotopic (exact) mass is 393 g/mol. The zero-order chi connectivity index (χ0) is 18.7. The number of aromatic nitrogens is 3. The number of halogens is 1. The minimum absolute atomic E-state index is 0.109. The number of benzene rings is 1. The van der Waals surface area contributed by atoms with Gasteiger partial charge in [0.2, 0.25) is 11.1 Å². The fourth-order valence-electron chi connectivity index (χ4n) is 3.30. The maximum Gasteiger partial charge on any atom is 0.235 e. The van der Waals surface area contributed by atoms with Gasteiger partial charge >= 0.3 is 0 Å². The molecule has 140 valence electrons. The quantitative estimate of drug-likeness (QED) is 0.620. The van der Waals surface area contributed by atoms with E-state index in [9.17, 15) is 4.79 Å². The minimum atomic E-state index is -0.272. The first-order chi connectivity index (χ1) is 12.5. The highest BCUT2D eigenvalue weighted by atomic mass is 35.5. The van der Waals surface area contributed by atoms with Gasteiger partial charge in [-0.2, -0.15) is 0 Å². The van der Waals surface area contributed by atoms with Crippen molar-refractivity contribution >= 4 is 29.3 Å². The highest BCUT2D eigenvalue weighted by Gasteiger charge is 2.27. The van der Waals surface area contributed by atoms with Crippen LogP contribution in [-0.4, -0.2) is 44.0 Å². The predicted molar refractivity (Wildman–Crippen MR) is 106 cm³/mol. The van der Waals surface area contributed by atoms with Crippen molar-refractivity contribution in [1.29, 1.82) is 0 Å². The van der Waals surface area contributed by atoms with Crippen LogP contribution in [0.1, 0.15) is 39.0 Å². The lowest BCUT2D eigenvalue weighted by molar-refractivity contribution is -0.131. The maximum absolute atomic E-state index is 12.8. The van der Waals surface area contributed by atoms with Crippen LogP contribution < -0.4 is 5.84 Å². The van der Waals surface area contributed by atoms with Crippen LogP contribution in [0.5, 0.6) is 0 Å². The fourth-order valence-corrected chi connectivity index (χ4v) is 4.29. The average molecular weight is 394 g/mol. The number of nitrogen functional groups attached to an aromatic ring is 1. The summed E-state index contributed by atoms with van der Waals surface area (Å²) in [5, 5.41) is 9.22. The molecule has 0 unspecified atom stereocenters. The molecule has 2 N–H and O–H groups in total. The van der Waals surface area contributed by atoms with Crippen LogP contribution in [0.15, 0.2) is 29.4 Å². The Morgan fingerprint density at radius 1 is 1.27 bits per heavy atom. The summed E-state index contributed by atoms with van der Waals surface area (Å²) in [4.78, 5) is 14.7. The second kappa shape index (κ2) is 8.31. The third-order valence-corrected chi connectivity index (χ3v) is 6.16. The Hall–Kier alpha value is -1.73. The van der Waals surface area contributed by atoms with E-state index in [1.54, 1.807) is 12.1 Å². The lowest BCUT2D eigenvalue weighted by atomic mass is 9.94. The van der Waals surface area contributed by atoms with Gasteiger partial charge < -0.3 is 10.7 Å². The summed E-state index contributed by atoms with van der Waals surface area (Å²) in [6.07, 6.45) is 5.85. The Kier molecular flexibility index (Phi) is 6.09. The van der Waals surface area contributed by atoms with Crippen LogP contribution in [-0.2, 0) is 4.79 Å². The molecule has 1 atom stereocenters. The van der Waals surface area contributed by atoms with Gasteiger partial charge in [-0.05, 0) is 44.0 Å². The van der Waals surface area contributed by atoms with E-state index in [-0.39, 0.29) is 11.2 Å². The van der Waals surface area contributed by atoms with Gasteiger partial charge in [-0.25, -0.2) is 4.68 Å². The van der Waals surface area contributed by atoms with Crippen LogP contribution in [0.3, 0.4) is 0 Å². The molecule has 8 heteroatoms. The fraction of sp³-hybridized carbons (Fsp3) is 0.500. The number of hydrogen-bond donors (Lipinski definition) is 1.